The van der Waals surface area contributed by atoms with E-state index in [1.54, 1.807) is 4.90 Å². The Morgan fingerprint density at radius 2 is 2.11 bits per heavy atom. The molecule has 2 rings (SSSR count). The molecule has 0 spiro atoms. The zero-order valence-corrected chi connectivity index (χ0v) is 11.1. The molecule has 1 aromatic rings. The molecule has 2 N–H and O–H groups in total. The number of aromatic nitrogens is 1. The summed E-state index contributed by atoms with van der Waals surface area (Å²) in [5.41, 5.74) is 5.94. The predicted molar refractivity (Wildman–Crippen MR) is 70.2 cm³/mol. The van der Waals surface area contributed by atoms with E-state index in [4.69, 9.17) is 5.73 Å². The zero-order valence-electron chi connectivity index (χ0n) is 11.1. The number of nitrogens with zero attached hydrogens (tertiary/aromatic N) is 3. The van der Waals surface area contributed by atoms with Crippen LogP contribution in [0.1, 0.15) is 17.3 Å². The van der Waals surface area contributed by atoms with Crippen LogP contribution in [0.2, 0.25) is 0 Å². The first-order valence-corrected chi connectivity index (χ1v) is 6.45. The number of piperazine rings is 1. The summed E-state index contributed by atoms with van der Waals surface area (Å²) in [5.74, 6) is -0.645. The minimum absolute atomic E-state index is 0.160. The second-order valence-electron chi connectivity index (χ2n) is 4.80. The van der Waals surface area contributed by atoms with Crippen molar-refractivity contribution in [2.75, 3.05) is 32.7 Å². The number of carbonyl (C=O) groups excluding carboxylic acids is 1. The Kier molecular flexibility index (Phi) is 4.44. The van der Waals surface area contributed by atoms with E-state index in [0.29, 0.717) is 31.2 Å². The lowest BCUT2D eigenvalue weighted by atomic mass is 10.2. The third-order valence-corrected chi connectivity index (χ3v) is 3.52. The maximum atomic E-state index is 13.1. The molecule has 0 radical (unpaired) electrons. The van der Waals surface area contributed by atoms with Gasteiger partial charge in [-0.15, -0.1) is 0 Å². The van der Waals surface area contributed by atoms with E-state index in [2.05, 4.69) is 16.8 Å². The molecular weight excluding hydrogens is 247 g/mol. The van der Waals surface area contributed by atoms with Crippen molar-refractivity contribution in [3.05, 3.63) is 29.8 Å². The SMILES string of the molecule is CC(CN)N1CCN(C(=O)c2cncc(F)c2)CC1. The normalized spacial score (nSPS) is 18.4. The molecule has 104 valence electrons. The quantitative estimate of drug-likeness (QED) is 0.856. The molecule has 0 aliphatic carbocycles. The highest BCUT2D eigenvalue weighted by atomic mass is 19.1. The summed E-state index contributed by atoms with van der Waals surface area (Å²) >= 11 is 0. The Hall–Kier alpha value is -1.53. The number of amides is 1. The Balaban J connectivity index is 1.96. The van der Waals surface area contributed by atoms with Crippen molar-refractivity contribution in [1.29, 1.82) is 0 Å². The average Bonchev–Trinajstić information content (AvgIpc) is 2.46. The minimum atomic E-state index is -0.485. The number of hydrogen-bond donors (Lipinski definition) is 1. The van der Waals surface area contributed by atoms with E-state index in [-0.39, 0.29) is 5.91 Å². The molecule has 2 heterocycles. The van der Waals surface area contributed by atoms with Crippen LogP contribution in [0, 0.1) is 5.82 Å². The van der Waals surface area contributed by atoms with Gasteiger partial charge in [0.05, 0.1) is 11.8 Å². The molecule has 19 heavy (non-hydrogen) atoms. The van der Waals surface area contributed by atoms with Crippen molar-refractivity contribution in [2.24, 2.45) is 5.73 Å². The largest absolute Gasteiger partial charge is 0.336 e. The maximum Gasteiger partial charge on any atom is 0.255 e. The molecular formula is C13H19FN4O. The molecule has 1 fully saturated rings. The Labute approximate surface area is 112 Å². The number of halogens is 1. The first kappa shape index (κ1) is 13.9. The fourth-order valence-electron chi connectivity index (χ4n) is 2.23. The lowest BCUT2D eigenvalue weighted by molar-refractivity contribution is 0.0588. The van der Waals surface area contributed by atoms with Crippen LogP contribution in [0.4, 0.5) is 4.39 Å². The van der Waals surface area contributed by atoms with Crippen molar-refractivity contribution in [3.8, 4) is 0 Å². The maximum absolute atomic E-state index is 13.1. The summed E-state index contributed by atoms with van der Waals surface area (Å²) < 4.78 is 13.1. The highest BCUT2D eigenvalue weighted by Gasteiger charge is 2.24. The summed E-state index contributed by atoms with van der Waals surface area (Å²) in [6.45, 7) is 5.56. The summed E-state index contributed by atoms with van der Waals surface area (Å²) in [7, 11) is 0. The van der Waals surface area contributed by atoms with Gasteiger partial charge < -0.3 is 10.6 Å². The Bertz CT molecular complexity index is 446. The highest BCUT2D eigenvalue weighted by Crippen LogP contribution is 2.10. The van der Waals surface area contributed by atoms with Gasteiger partial charge in [0.2, 0.25) is 0 Å². The second-order valence-corrected chi connectivity index (χ2v) is 4.80. The molecule has 0 aromatic carbocycles. The van der Waals surface area contributed by atoms with Crippen LogP contribution in [0.15, 0.2) is 18.5 Å². The van der Waals surface area contributed by atoms with Crippen LogP contribution < -0.4 is 5.73 Å². The molecule has 1 atom stereocenters. The smallest absolute Gasteiger partial charge is 0.255 e. The summed E-state index contributed by atoms with van der Waals surface area (Å²) in [6, 6.07) is 1.55. The van der Waals surface area contributed by atoms with Crippen molar-refractivity contribution >= 4 is 5.91 Å². The van der Waals surface area contributed by atoms with Gasteiger partial charge in [-0.1, -0.05) is 0 Å². The fourth-order valence-corrected chi connectivity index (χ4v) is 2.23. The number of carbonyl (C=O) groups is 1. The van der Waals surface area contributed by atoms with Gasteiger partial charge in [0, 0.05) is 45.0 Å². The molecule has 1 aromatic heterocycles. The molecule has 1 amide bonds. The third kappa shape index (κ3) is 3.27. The van der Waals surface area contributed by atoms with Crippen LogP contribution in [0.25, 0.3) is 0 Å². The molecule has 1 saturated heterocycles. The highest BCUT2D eigenvalue weighted by molar-refractivity contribution is 5.94. The zero-order chi connectivity index (χ0) is 13.8. The van der Waals surface area contributed by atoms with Gasteiger partial charge in [-0.25, -0.2) is 4.39 Å². The molecule has 5 nitrogen and oxygen atoms in total. The van der Waals surface area contributed by atoms with Gasteiger partial charge in [0.1, 0.15) is 5.82 Å². The molecule has 1 aliphatic rings. The summed E-state index contributed by atoms with van der Waals surface area (Å²) in [5, 5.41) is 0. The van der Waals surface area contributed by atoms with Crippen LogP contribution >= 0.6 is 0 Å². The fraction of sp³-hybridized carbons (Fsp3) is 0.538. The summed E-state index contributed by atoms with van der Waals surface area (Å²) in [4.78, 5) is 19.9. The molecule has 0 saturated carbocycles. The monoisotopic (exact) mass is 266 g/mol. The summed E-state index contributed by atoms with van der Waals surface area (Å²) in [6.07, 6.45) is 2.50. The first-order valence-electron chi connectivity index (χ1n) is 6.45. The van der Waals surface area contributed by atoms with Crippen molar-refractivity contribution in [3.63, 3.8) is 0 Å². The standard InChI is InChI=1S/C13H19FN4O/c1-10(7-15)17-2-4-18(5-3-17)13(19)11-6-12(14)9-16-8-11/h6,8-10H,2-5,7,15H2,1H3. The van der Waals surface area contributed by atoms with Crippen molar-refractivity contribution in [2.45, 2.75) is 13.0 Å². The molecule has 1 unspecified atom stereocenters. The average molecular weight is 266 g/mol. The van der Waals surface area contributed by atoms with Gasteiger partial charge in [0.25, 0.3) is 5.91 Å². The van der Waals surface area contributed by atoms with Gasteiger partial charge in [-0.05, 0) is 13.0 Å². The van der Waals surface area contributed by atoms with Gasteiger partial charge in [0.15, 0.2) is 0 Å². The van der Waals surface area contributed by atoms with Crippen LogP contribution in [0.5, 0.6) is 0 Å². The van der Waals surface area contributed by atoms with Crippen molar-refractivity contribution in [1.82, 2.24) is 14.8 Å². The number of rotatable bonds is 3. The van der Waals surface area contributed by atoms with Crippen LogP contribution in [0.3, 0.4) is 0 Å². The molecule has 0 bridgehead atoms. The lowest BCUT2D eigenvalue weighted by Gasteiger charge is -2.37. The lowest BCUT2D eigenvalue weighted by Crippen LogP contribution is -2.52. The third-order valence-electron chi connectivity index (χ3n) is 3.52. The number of pyridine rings is 1. The van der Waals surface area contributed by atoms with E-state index >= 15 is 0 Å². The van der Waals surface area contributed by atoms with Crippen LogP contribution in [-0.4, -0.2) is 59.5 Å². The minimum Gasteiger partial charge on any atom is -0.336 e. The van der Waals surface area contributed by atoms with Gasteiger partial charge in [-0.3, -0.25) is 14.7 Å². The van der Waals surface area contributed by atoms with E-state index < -0.39 is 5.82 Å². The first-order chi connectivity index (χ1) is 9.11. The number of hydrogen-bond acceptors (Lipinski definition) is 4. The predicted octanol–water partition coefficient (Wildman–Crippen LogP) is 0.326. The van der Waals surface area contributed by atoms with E-state index in [1.807, 2.05) is 0 Å². The number of nitrogens with two attached hydrogens (primary N) is 1. The topological polar surface area (TPSA) is 62.5 Å². The van der Waals surface area contributed by atoms with Crippen molar-refractivity contribution < 1.29 is 9.18 Å². The Morgan fingerprint density at radius 1 is 1.42 bits per heavy atom. The van der Waals surface area contributed by atoms with E-state index in [1.165, 1.54) is 12.3 Å². The second kappa shape index (κ2) is 6.08. The molecule has 1 aliphatic heterocycles. The van der Waals surface area contributed by atoms with E-state index in [0.717, 1.165) is 19.3 Å². The molecule has 6 heteroatoms. The van der Waals surface area contributed by atoms with Gasteiger partial charge in [-0.2, -0.15) is 0 Å². The van der Waals surface area contributed by atoms with E-state index in [9.17, 15) is 9.18 Å². The Morgan fingerprint density at radius 3 is 2.68 bits per heavy atom. The van der Waals surface area contributed by atoms with Crippen LogP contribution in [-0.2, 0) is 0 Å². The van der Waals surface area contributed by atoms with Gasteiger partial charge >= 0.3 is 0 Å².